The first-order valence-electron chi connectivity index (χ1n) is 6.15. The second-order valence-electron chi connectivity index (χ2n) is 4.87. The Hall–Kier alpha value is -0.550. The first-order valence-corrected chi connectivity index (χ1v) is 7.09. The van der Waals surface area contributed by atoms with Crippen LogP contribution >= 0.6 is 11.8 Å². The Kier molecular flexibility index (Phi) is 5.46. The number of imide groups is 1. The van der Waals surface area contributed by atoms with Gasteiger partial charge in [0.25, 0.3) is 0 Å². The van der Waals surface area contributed by atoms with Gasteiger partial charge < -0.3 is 5.32 Å². The minimum atomic E-state index is -0.165. The fourth-order valence-corrected chi connectivity index (χ4v) is 2.93. The molecule has 1 aliphatic rings. The fourth-order valence-electron chi connectivity index (χ4n) is 1.79. The average molecular weight is 258 g/mol. The van der Waals surface area contributed by atoms with Crippen LogP contribution in [0.15, 0.2) is 0 Å². The van der Waals surface area contributed by atoms with Gasteiger partial charge in [0.05, 0.1) is 5.25 Å². The van der Waals surface area contributed by atoms with E-state index in [4.69, 9.17) is 0 Å². The van der Waals surface area contributed by atoms with Crippen molar-refractivity contribution in [1.82, 2.24) is 10.2 Å². The minimum Gasteiger partial charge on any atom is -0.313 e. The van der Waals surface area contributed by atoms with E-state index in [9.17, 15) is 9.59 Å². The van der Waals surface area contributed by atoms with E-state index in [2.05, 4.69) is 5.32 Å². The van der Waals surface area contributed by atoms with Crippen LogP contribution in [0.25, 0.3) is 0 Å². The highest BCUT2D eigenvalue weighted by Gasteiger charge is 2.38. The van der Waals surface area contributed by atoms with Gasteiger partial charge in [0, 0.05) is 25.6 Å². The lowest BCUT2D eigenvalue weighted by Crippen LogP contribution is -2.38. The second kappa shape index (κ2) is 6.40. The van der Waals surface area contributed by atoms with Crippen molar-refractivity contribution in [1.29, 1.82) is 0 Å². The predicted octanol–water partition coefficient (Wildman–Crippen LogP) is 1.25. The highest BCUT2D eigenvalue weighted by molar-refractivity contribution is 8.01. The van der Waals surface area contributed by atoms with Crippen LogP contribution in [0.1, 0.15) is 34.1 Å². The summed E-state index contributed by atoms with van der Waals surface area (Å²) in [6, 6.07) is 0.378. The molecule has 98 valence electrons. The molecule has 2 amide bonds. The molecule has 1 saturated heterocycles. The molecule has 0 spiro atoms. The summed E-state index contributed by atoms with van der Waals surface area (Å²) in [5.41, 5.74) is 0. The first-order chi connectivity index (χ1) is 7.91. The van der Waals surface area contributed by atoms with Gasteiger partial charge in [-0.3, -0.25) is 14.5 Å². The van der Waals surface area contributed by atoms with Gasteiger partial charge in [-0.05, 0) is 5.25 Å². The molecule has 1 unspecified atom stereocenters. The van der Waals surface area contributed by atoms with Crippen molar-refractivity contribution in [2.75, 3.05) is 13.1 Å². The Morgan fingerprint density at radius 1 is 1.35 bits per heavy atom. The molecule has 0 aliphatic carbocycles. The Labute approximate surface area is 108 Å². The number of hydrogen-bond acceptors (Lipinski definition) is 4. The van der Waals surface area contributed by atoms with Crippen LogP contribution in [-0.4, -0.2) is 46.3 Å². The third-order valence-electron chi connectivity index (χ3n) is 2.53. The summed E-state index contributed by atoms with van der Waals surface area (Å²) < 4.78 is 0. The van der Waals surface area contributed by atoms with Gasteiger partial charge in [-0.15, -0.1) is 11.8 Å². The van der Waals surface area contributed by atoms with Crippen LogP contribution in [0.5, 0.6) is 0 Å². The zero-order chi connectivity index (χ0) is 13.0. The molecule has 1 heterocycles. The van der Waals surface area contributed by atoms with Gasteiger partial charge in [0.15, 0.2) is 0 Å². The van der Waals surface area contributed by atoms with Crippen LogP contribution in [-0.2, 0) is 9.59 Å². The van der Waals surface area contributed by atoms with Crippen molar-refractivity contribution in [2.45, 2.75) is 50.7 Å². The Morgan fingerprint density at radius 2 is 2.00 bits per heavy atom. The van der Waals surface area contributed by atoms with Crippen LogP contribution in [0.3, 0.4) is 0 Å². The average Bonchev–Trinajstić information content (AvgIpc) is 2.44. The number of carbonyl (C=O) groups is 2. The van der Waals surface area contributed by atoms with E-state index in [0.29, 0.717) is 30.8 Å². The van der Waals surface area contributed by atoms with Gasteiger partial charge in [-0.2, -0.15) is 0 Å². The lowest BCUT2D eigenvalue weighted by molar-refractivity contribution is -0.138. The van der Waals surface area contributed by atoms with E-state index in [0.717, 1.165) is 0 Å². The molecule has 0 aromatic heterocycles. The topological polar surface area (TPSA) is 49.4 Å². The number of nitrogens with one attached hydrogen (secondary N) is 1. The largest absolute Gasteiger partial charge is 0.313 e. The zero-order valence-corrected chi connectivity index (χ0v) is 11.8. The maximum Gasteiger partial charge on any atom is 0.242 e. The normalized spacial score (nSPS) is 21.1. The molecule has 1 N–H and O–H groups in total. The molecule has 1 aliphatic heterocycles. The van der Waals surface area contributed by atoms with Crippen molar-refractivity contribution in [2.24, 2.45) is 0 Å². The van der Waals surface area contributed by atoms with Crippen LogP contribution in [0.4, 0.5) is 0 Å². The molecule has 17 heavy (non-hydrogen) atoms. The fraction of sp³-hybridized carbons (Fsp3) is 0.833. The highest BCUT2D eigenvalue weighted by atomic mass is 32.2. The molecular weight excluding hydrogens is 236 g/mol. The van der Waals surface area contributed by atoms with Crippen molar-refractivity contribution in [3.05, 3.63) is 0 Å². The monoisotopic (exact) mass is 258 g/mol. The summed E-state index contributed by atoms with van der Waals surface area (Å²) in [4.78, 5) is 25.1. The molecule has 4 nitrogen and oxygen atoms in total. The second-order valence-corrected chi connectivity index (χ2v) is 6.65. The van der Waals surface area contributed by atoms with Gasteiger partial charge >= 0.3 is 0 Å². The van der Waals surface area contributed by atoms with Crippen molar-refractivity contribution in [3.8, 4) is 0 Å². The summed E-state index contributed by atoms with van der Waals surface area (Å²) in [6.45, 7) is 9.35. The van der Waals surface area contributed by atoms with E-state index in [1.807, 2.05) is 27.7 Å². The molecule has 0 aromatic rings. The molecule has 5 heteroatoms. The van der Waals surface area contributed by atoms with Crippen LogP contribution < -0.4 is 5.32 Å². The SMILES string of the molecule is CC(C)NCCN1C(=O)CC(SC(C)C)C1=O. The minimum absolute atomic E-state index is 0.0146. The molecule has 1 fully saturated rings. The molecule has 1 rings (SSSR count). The van der Waals surface area contributed by atoms with Gasteiger partial charge in [-0.25, -0.2) is 0 Å². The molecular formula is C12H22N2O2S. The quantitative estimate of drug-likeness (QED) is 0.729. The number of amides is 2. The molecule has 1 atom stereocenters. The predicted molar refractivity (Wildman–Crippen MR) is 71.0 cm³/mol. The number of thioether (sulfide) groups is 1. The lowest BCUT2D eigenvalue weighted by atomic mass is 10.3. The van der Waals surface area contributed by atoms with E-state index < -0.39 is 0 Å². The Balaban J connectivity index is 2.45. The summed E-state index contributed by atoms with van der Waals surface area (Å²) in [5, 5.41) is 3.43. The molecule has 0 radical (unpaired) electrons. The van der Waals surface area contributed by atoms with E-state index >= 15 is 0 Å². The summed E-state index contributed by atoms with van der Waals surface area (Å²) in [5.74, 6) is -0.0436. The maximum atomic E-state index is 12.0. The van der Waals surface area contributed by atoms with Crippen molar-refractivity contribution in [3.63, 3.8) is 0 Å². The van der Waals surface area contributed by atoms with Crippen molar-refractivity contribution >= 4 is 23.6 Å². The Bertz CT molecular complexity index is 292. The lowest BCUT2D eigenvalue weighted by Gasteiger charge is -2.16. The summed E-state index contributed by atoms with van der Waals surface area (Å²) in [7, 11) is 0. The van der Waals surface area contributed by atoms with Gasteiger partial charge in [0.2, 0.25) is 11.8 Å². The zero-order valence-electron chi connectivity index (χ0n) is 11.0. The van der Waals surface area contributed by atoms with Crippen molar-refractivity contribution < 1.29 is 9.59 Å². The van der Waals surface area contributed by atoms with Crippen LogP contribution in [0.2, 0.25) is 0 Å². The van der Waals surface area contributed by atoms with E-state index in [-0.39, 0.29) is 17.1 Å². The molecule has 0 bridgehead atoms. The maximum absolute atomic E-state index is 12.0. The van der Waals surface area contributed by atoms with Gasteiger partial charge in [-0.1, -0.05) is 27.7 Å². The molecule has 0 saturated carbocycles. The standard InChI is InChI=1S/C12H22N2O2S/c1-8(2)13-5-6-14-11(15)7-10(12(14)16)17-9(3)4/h8-10,13H,5-7H2,1-4H3. The van der Waals surface area contributed by atoms with Crippen LogP contribution in [0, 0.1) is 0 Å². The number of hydrogen-bond donors (Lipinski definition) is 1. The highest BCUT2D eigenvalue weighted by Crippen LogP contribution is 2.27. The number of nitrogens with zero attached hydrogens (tertiary/aromatic N) is 1. The van der Waals surface area contributed by atoms with E-state index in [1.165, 1.54) is 4.90 Å². The number of rotatable bonds is 6. The number of likely N-dealkylation sites (tertiary alicyclic amines) is 1. The third-order valence-corrected chi connectivity index (χ3v) is 3.77. The Morgan fingerprint density at radius 3 is 2.53 bits per heavy atom. The molecule has 0 aromatic carbocycles. The van der Waals surface area contributed by atoms with E-state index in [1.54, 1.807) is 11.8 Å². The summed E-state index contributed by atoms with van der Waals surface area (Å²) in [6.07, 6.45) is 0.364. The summed E-state index contributed by atoms with van der Waals surface area (Å²) >= 11 is 1.58. The third kappa shape index (κ3) is 4.32. The van der Waals surface area contributed by atoms with Gasteiger partial charge in [0.1, 0.15) is 0 Å². The first kappa shape index (κ1) is 14.5. The smallest absolute Gasteiger partial charge is 0.242 e. The number of carbonyl (C=O) groups excluding carboxylic acids is 2.